The predicted octanol–water partition coefficient (Wildman–Crippen LogP) is 1.10. The number of hydrogen-bond acceptors (Lipinski definition) is 5. The Balaban J connectivity index is 2.81. The van der Waals surface area contributed by atoms with Crippen molar-refractivity contribution in [3.63, 3.8) is 0 Å². The normalized spacial score (nSPS) is 11.9. The molecule has 1 heterocycles. The molecule has 0 saturated carbocycles. The van der Waals surface area contributed by atoms with Crippen molar-refractivity contribution in [2.75, 3.05) is 27.3 Å². The maximum atomic E-state index is 12.1. The number of aromatic carboxylic acids is 1. The molecule has 1 aromatic heterocycles. The SMILES string of the molecule is COCCCN(C)S(=O)(=O)c1csc(C(=O)O)c1. The Bertz CT molecular complexity index is 508. The van der Waals surface area contributed by atoms with Crippen LogP contribution in [0.1, 0.15) is 16.1 Å². The molecule has 1 aromatic rings. The Morgan fingerprint density at radius 1 is 1.56 bits per heavy atom. The summed E-state index contributed by atoms with van der Waals surface area (Å²) in [5.41, 5.74) is 0. The van der Waals surface area contributed by atoms with E-state index in [0.717, 1.165) is 11.3 Å². The maximum absolute atomic E-state index is 12.1. The highest BCUT2D eigenvalue weighted by molar-refractivity contribution is 7.89. The fourth-order valence-electron chi connectivity index (χ4n) is 1.30. The van der Waals surface area contributed by atoms with Crippen molar-refractivity contribution < 1.29 is 23.1 Å². The lowest BCUT2D eigenvalue weighted by Gasteiger charge is -2.15. The van der Waals surface area contributed by atoms with Gasteiger partial charge in [0.2, 0.25) is 10.0 Å². The number of hydrogen-bond donors (Lipinski definition) is 1. The average Bonchev–Trinajstić information content (AvgIpc) is 2.79. The summed E-state index contributed by atoms with van der Waals surface area (Å²) in [6, 6.07) is 1.18. The van der Waals surface area contributed by atoms with E-state index in [4.69, 9.17) is 9.84 Å². The summed E-state index contributed by atoms with van der Waals surface area (Å²) in [4.78, 5) is 10.7. The number of ether oxygens (including phenoxy) is 1. The third-order valence-electron chi connectivity index (χ3n) is 2.32. The number of carboxylic acids is 1. The molecule has 0 atom stereocenters. The Labute approximate surface area is 110 Å². The first-order valence-electron chi connectivity index (χ1n) is 5.16. The van der Waals surface area contributed by atoms with Crippen LogP contribution in [0.5, 0.6) is 0 Å². The highest BCUT2D eigenvalue weighted by atomic mass is 32.2. The van der Waals surface area contributed by atoms with Crippen LogP contribution < -0.4 is 0 Å². The topological polar surface area (TPSA) is 83.9 Å². The molecule has 8 heteroatoms. The van der Waals surface area contributed by atoms with E-state index in [1.165, 1.54) is 22.8 Å². The summed E-state index contributed by atoms with van der Waals surface area (Å²) in [7, 11) is -0.598. The molecule has 0 saturated heterocycles. The molecule has 0 aromatic carbocycles. The molecule has 0 aliphatic heterocycles. The lowest BCUT2D eigenvalue weighted by atomic mass is 10.5. The second-order valence-electron chi connectivity index (χ2n) is 3.62. The van der Waals surface area contributed by atoms with Crippen LogP contribution >= 0.6 is 11.3 Å². The van der Waals surface area contributed by atoms with Crippen LogP contribution in [-0.4, -0.2) is 51.1 Å². The zero-order valence-corrected chi connectivity index (χ0v) is 11.8. The van der Waals surface area contributed by atoms with Gasteiger partial charge in [-0.05, 0) is 12.5 Å². The molecular weight excluding hydrogens is 278 g/mol. The number of carbonyl (C=O) groups is 1. The second kappa shape index (κ2) is 6.28. The number of thiophene rings is 1. The van der Waals surface area contributed by atoms with Crippen molar-refractivity contribution in [1.29, 1.82) is 0 Å². The van der Waals surface area contributed by atoms with Crippen molar-refractivity contribution in [1.82, 2.24) is 4.31 Å². The molecule has 0 unspecified atom stereocenters. The predicted molar refractivity (Wildman–Crippen MR) is 67.6 cm³/mol. The Hall–Kier alpha value is -0.960. The molecular formula is C10H15NO5S2. The van der Waals surface area contributed by atoms with Crippen LogP contribution in [-0.2, 0) is 14.8 Å². The summed E-state index contributed by atoms with van der Waals surface area (Å²) >= 11 is 0.900. The minimum atomic E-state index is -3.61. The number of rotatable bonds is 7. The molecule has 0 aliphatic carbocycles. The van der Waals surface area contributed by atoms with Gasteiger partial charge >= 0.3 is 5.97 Å². The smallest absolute Gasteiger partial charge is 0.345 e. The van der Waals surface area contributed by atoms with E-state index in [9.17, 15) is 13.2 Å². The molecule has 6 nitrogen and oxygen atoms in total. The van der Waals surface area contributed by atoms with E-state index in [1.54, 1.807) is 7.11 Å². The van der Waals surface area contributed by atoms with E-state index in [2.05, 4.69) is 0 Å². The largest absolute Gasteiger partial charge is 0.477 e. The number of carboxylic acid groups (broad SMARTS) is 1. The first-order chi connectivity index (χ1) is 8.39. The average molecular weight is 293 g/mol. The van der Waals surface area contributed by atoms with Crippen molar-refractivity contribution in [3.8, 4) is 0 Å². The molecule has 0 radical (unpaired) electrons. The molecule has 0 fully saturated rings. The molecule has 0 amide bonds. The van der Waals surface area contributed by atoms with E-state index >= 15 is 0 Å². The van der Waals surface area contributed by atoms with Gasteiger partial charge in [-0.15, -0.1) is 11.3 Å². The van der Waals surface area contributed by atoms with Crippen LogP contribution in [0.25, 0.3) is 0 Å². The summed E-state index contributed by atoms with van der Waals surface area (Å²) in [5, 5.41) is 10.1. The highest BCUT2D eigenvalue weighted by Crippen LogP contribution is 2.22. The summed E-state index contributed by atoms with van der Waals surface area (Å²) in [5.74, 6) is -1.12. The minimum absolute atomic E-state index is 0.0128. The molecule has 102 valence electrons. The van der Waals surface area contributed by atoms with Crippen LogP contribution in [0.4, 0.5) is 0 Å². The van der Waals surface area contributed by atoms with Crippen molar-refractivity contribution >= 4 is 27.3 Å². The quantitative estimate of drug-likeness (QED) is 0.761. The fourth-order valence-corrected chi connectivity index (χ4v) is 3.61. The molecule has 0 aliphatic rings. The van der Waals surface area contributed by atoms with Gasteiger partial charge in [-0.2, -0.15) is 0 Å². The van der Waals surface area contributed by atoms with E-state index in [1.807, 2.05) is 0 Å². The molecule has 0 spiro atoms. The van der Waals surface area contributed by atoms with Gasteiger partial charge in [0.1, 0.15) is 4.88 Å². The lowest BCUT2D eigenvalue weighted by Crippen LogP contribution is -2.28. The number of methoxy groups -OCH3 is 1. The van der Waals surface area contributed by atoms with E-state index in [-0.39, 0.29) is 9.77 Å². The molecule has 1 rings (SSSR count). The van der Waals surface area contributed by atoms with Crippen LogP contribution in [0.15, 0.2) is 16.3 Å². The monoisotopic (exact) mass is 293 g/mol. The third-order valence-corrected chi connectivity index (χ3v) is 5.22. The van der Waals surface area contributed by atoms with Gasteiger partial charge in [-0.25, -0.2) is 17.5 Å². The zero-order chi connectivity index (χ0) is 13.8. The minimum Gasteiger partial charge on any atom is -0.477 e. The van der Waals surface area contributed by atoms with Gasteiger partial charge in [0.25, 0.3) is 0 Å². The summed E-state index contributed by atoms with van der Waals surface area (Å²) in [6.45, 7) is 0.804. The van der Waals surface area contributed by atoms with Crippen LogP contribution in [0, 0.1) is 0 Å². The number of sulfonamides is 1. The fraction of sp³-hybridized carbons (Fsp3) is 0.500. The number of nitrogens with zero attached hydrogens (tertiary/aromatic N) is 1. The van der Waals surface area contributed by atoms with Crippen molar-refractivity contribution in [2.24, 2.45) is 0 Å². The zero-order valence-electron chi connectivity index (χ0n) is 10.1. The second-order valence-corrected chi connectivity index (χ2v) is 6.58. The van der Waals surface area contributed by atoms with Crippen LogP contribution in [0.2, 0.25) is 0 Å². The molecule has 0 bridgehead atoms. The van der Waals surface area contributed by atoms with Crippen molar-refractivity contribution in [3.05, 3.63) is 16.3 Å². The standard InChI is InChI=1S/C10H15NO5S2/c1-11(4-3-5-16-2)18(14,15)8-6-9(10(12)13)17-7-8/h6-7H,3-5H2,1-2H3,(H,12,13). The van der Waals surface area contributed by atoms with Gasteiger partial charge in [-0.3, -0.25) is 0 Å². The van der Waals surface area contributed by atoms with Gasteiger partial charge in [0, 0.05) is 32.7 Å². The van der Waals surface area contributed by atoms with Crippen molar-refractivity contribution in [2.45, 2.75) is 11.3 Å². The van der Waals surface area contributed by atoms with Crippen LogP contribution in [0.3, 0.4) is 0 Å². The molecule has 1 N–H and O–H groups in total. The maximum Gasteiger partial charge on any atom is 0.345 e. The first-order valence-corrected chi connectivity index (χ1v) is 7.48. The van der Waals surface area contributed by atoms with E-state index in [0.29, 0.717) is 19.6 Å². The first kappa shape index (κ1) is 15.1. The van der Waals surface area contributed by atoms with Gasteiger partial charge in [-0.1, -0.05) is 0 Å². The Morgan fingerprint density at radius 2 is 2.22 bits per heavy atom. The Morgan fingerprint density at radius 3 is 2.72 bits per heavy atom. The summed E-state index contributed by atoms with van der Waals surface area (Å²) in [6.07, 6.45) is 0.585. The molecule has 18 heavy (non-hydrogen) atoms. The lowest BCUT2D eigenvalue weighted by molar-refractivity contribution is 0.0702. The van der Waals surface area contributed by atoms with E-state index < -0.39 is 16.0 Å². The highest BCUT2D eigenvalue weighted by Gasteiger charge is 2.23. The van der Waals surface area contributed by atoms with Gasteiger partial charge < -0.3 is 9.84 Å². The summed E-state index contributed by atoms with van der Waals surface area (Å²) < 4.78 is 30.2. The third kappa shape index (κ3) is 3.52. The van der Waals surface area contributed by atoms with Gasteiger partial charge in [0.05, 0.1) is 4.90 Å². The van der Waals surface area contributed by atoms with Gasteiger partial charge in [0.15, 0.2) is 0 Å². The Kier molecular flexibility index (Phi) is 5.27.